The lowest BCUT2D eigenvalue weighted by molar-refractivity contribution is 0.414. The Morgan fingerprint density at radius 1 is 0.647 bits per heavy atom. The van der Waals surface area contributed by atoms with E-state index in [9.17, 15) is 26.3 Å². The van der Waals surface area contributed by atoms with E-state index in [4.69, 9.17) is 0 Å². The van der Waals surface area contributed by atoms with Gasteiger partial charge < -0.3 is 0 Å². The Kier molecular flexibility index (Phi) is 2.52. The van der Waals surface area contributed by atoms with E-state index in [-0.39, 0.29) is 5.56 Å². The van der Waals surface area contributed by atoms with Crippen LogP contribution in [0.3, 0.4) is 0 Å². The third-order valence-corrected chi connectivity index (χ3v) is 2.41. The highest BCUT2D eigenvalue weighted by atomic mass is 19.2. The Balaban J connectivity index is 3.17. The first-order valence-electron chi connectivity index (χ1n) is 4.46. The van der Waals surface area contributed by atoms with Crippen LogP contribution in [-0.4, -0.2) is 0 Å². The van der Waals surface area contributed by atoms with Crippen molar-refractivity contribution in [2.24, 2.45) is 0 Å². The summed E-state index contributed by atoms with van der Waals surface area (Å²) in [6, 6.07) is 0.581. The van der Waals surface area contributed by atoms with Gasteiger partial charge in [-0.3, -0.25) is 0 Å². The molecule has 0 atom stereocenters. The molecule has 6 heteroatoms. The molecule has 0 bridgehead atoms. The van der Waals surface area contributed by atoms with Crippen molar-refractivity contribution in [3.05, 3.63) is 46.5 Å². The van der Waals surface area contributed by atoms with Crippen LogP contribution in [0.4, 0.5) is 26.3 Å². The van der Waals surface area contributed by atoms with Gasteiger partial charge in [-0.25, -0.2) is 26.3 Å². The highest BCUT2D eigenvalue weighted by Gasteiger charge is 2.25. The minimum absolute atomic E-state index is 0.334. The number of aryl methyl sites for hydroxylation is 1. The van der Waals surface area contributed by atoms with Gasteiger partial charge in [0.2, 0.25) is 0 Å². The zero-order valence-electron chi connectivity index (χ0n) is 8.35. The molecule has 0 aliphatic carbocycles. The van der Waals surface area contributed by atoms with E-state index in [0.717, 1.165) is 6.92 Å². The summed E-state index contributed by atoms with van der Waals surface area (Å²) in [5.41, 5.74) is -0.334. The van der Waals surface area contributed by atoms with Crippen molar-refractivity contribution in [3.8, 4) is 0 Å². The predicted molar refractivity (Wildman–Crippen MR) is 48.4 cm³/mol. The first-order valence-corrected chi connectivity index (χ1v) is 4.46. The van der Waals surface area contributed by atoms with Gasteiger partial charge >= 0.3 is 0 Å². The van der Waals surface area contributed by atoms with Gasteiger partial charge in [-0.2, -0.15) is 0 Å². The van der Waals surface area contributed by atoms with Crippen LogP contribution < -0.4 is 0 Å². The van der Waals surface area contributed by atoms with Gasteiger partial charge in [0.05, 0.1) is 10.8 Å². The summed E-state index contributed by atoms with van der Waals surface area (Å²) in [6.45, 7) is 1.09. The monoisotopic (exact) mass is 250 g/mol. The van der Waals surface area contributed by atoms with Crippen LogP contribution in [0.15, 0.2) is 6.07 Å². The summed E-state index contributed by atoms with van der Waals surface area (Å²) in [4.78, 5) is 0. The van der Waals surface area contributed by atoms with Gasteiger partial charge in [-0.05, 0) is 18.6 Å². The van der Waals surface area contributed by atoms with E-state index in [1.165, 1.54) is 0 Å². The van der Waals surface area contributed by atoms with Crippen LogP contribution in [0.25, 0.3) is 10.8 Å². The van der Waals surface area contributed by atoms with Gasteiger partial charge in [0.25, 0.3) is 0 Å². The fourth-order valence-electron chi connectivity index (χ4n) is 1.58. The molecule has 0 N–H and O–H groups in total. The normalized spacial score (nSPS) is 11.2. The lowest BCUT2D eigenvalue weighted by atomic mass is 10.0. The largest absolute Gasteiger partial charge is 0.206 e. The molecule has 0 unspecified atom stereocenters. The maximum absolute atomic E-state index is 13.5. The van der Waals surface area contributed by atoms with Crippen molar-refractivity contribution in [2.75, 3.05) is 0 Å². The van der Waals surface area contributed by atoms with Crippen molar-refractivity contribution in [2.45, 2.75) is 6.92 Å². The van der Waals surface area contributed by atoms with Gasteiger partial charge in [0.1, 0.15) is 11.6 Å². The number of hydrogen-bond donors (Lipinski definition) is 0. The Morgan fingerprint density at radius 3 is 1.65 bits per heavy atom. The van der Waals surface area contributed by atoms with E-state index in [1.54, 1.807) is 0 Å². The molecule has 0 aliphatic heterocycles. The average Bonchev–Trinajstić information content (AvgIpc) is 2.28. The van der Waals surface area contributed by atoms with Gasteiger partial charge in [0.15, 0.2) is 23.3 Å². The lowest BCUT2D eigenvalue weighted by Gasteiger charge is -2.08. The fourth-order valence-corrected chi connectivity index (χ4v) is 1.58. The first kappa shape index (κ1) is 11.8. The van der Waals surface area contributed by atoms with E-state index >= 15 is 0 Å². The summed E-state index contributed by atoms with van der Waals surface area (Å²) in [5.74, 6) is -10.9. The molecule has 2 aromatic carbocycles. The molecule has 0 saturated carbocycles. The van der Waals surface area contributed by atoms with Crippen LogP contribution >= 0.6 is 0 Å². The number of fused-ring (bicyclic) bond motifs is 1. The van der Waals surface area contributed by atoms with Crippen molar-refractivity contribution in [3.63, 3.8) is 0 Å². The molecule has 2 rings (SSSR count). The number of rotatable bonds is 0. The van der Waals surface area contributed by atoms with Gasteiger partial charge in [-0.15, -0.1) is 0 Å². The maximum atomic E-state index is 13.5. The summed E-state index contributed by atoms with van der Waals surface area (Å²) in [6.07, 6.45) is 0. The van der Waals surface area contributed by atoms with Crippen molar-refractivity contribution in [1.82, 2.24) is 0 Å². The minimum atomic E-state index is -2.17. The molecule has 17 heavy (non-hydrogen) atoms. The quantitative estimate of drug-likeness (QED) is 0.377. The third kappa shape index (κ3) is 1.47. The number of hydrogen-bond acceptors (Lipinski definition) is 0. The zero-order chi connectivity index (χ0) is 12.9. The summed E-state index contributed by atoms with van der Waals surface area (Å²) >= 11 is 0. The molecule has 0 heterocycles. The second-order valence-corrected chi connectivity index (χ2v) is 3.50. The second-order valence-electron chi connectivity index (χ2n) is 3.50. The lowest BCUT2D eigenvalue weighted by Crippen LogP contribution is -2.03. The Hall–Kier alpha value is -1.72. The molecular weight excluding hydrogens is 246 g/mol. The van der Waals surface area contributed by atoms with Crippen LogP contribution in [0.1, 0.15) is 5.56 Å². The molecule has 0 nitrogen and oxygen atoms in total. The molecule has 0 spiro atoms. The third-order valence-electron chi connectivity index (χ3n) is 2.41. The second kappa shape index (κ2) is 3.65. The topological polar surface area (TPSA) is 0 Å². The van der Waals surface area contributed by atoms with E-state index in [0.29, 0.717) is 6.07 Å². The first-order chi connectivity index (χ1) is 7.86. The Labute approximate surface area is 91.5 Å². The van der Waals surface area contributed by atoms with Crippen LogP contribution in [0.5, 0.6) is 0 Å². The highest BCUT2D eigenvalue weighted by molar-refractivity contribution is 5.86. The Bertz CT molecular complexity index is 632. The Morgan fingerprint density at radius 2 is 1.12 bits per heavy atom. The molecule has 0 radical (unpaired) electrons. The zero-order valence-corrected chi connectivity index (χ0v) is 8.35. The van der Waals surface area contributed by atoms with E-state index in [2.05, 4.69) is 0 Å². The van der Waals surface area contributed by atoms with Crippen molar-refractivity contribution >= 4 is 10.8 Å². The number of halogens is 6. The van der Waals surface area contributed by atoms with E-state index in [1.807, 2.05) is 0 Å². The van der Waals surface area contributed by atoms with Crippen LogP contribution in [0.2, 0.25) is 0 Å². The SMILES string of the molecule is Cc1cc(F)c2c(F)c(F)c(F)c(F)c2c1F. The molecular formula is C11H4F6. The summed E-state index contributed by atoms with van der Waals surface area (Å²) < 4.78 is 79.0. The summed E-state index contributed by atoms with van der Waals surface area (Å²) in [5, 5.41) is -2.46. The van der Waals surface area contributed by atoms with Crippen LogP contribution in [0, 0.1) is 41.8 Å². The maximum Gasteiger partial charge on any atom is 0.198 e. The van der Waals surface area contributed by atoms with Gasteiger partial charge in [-0.1, -0.05) is 0 Å². The minimum Gasteiger partial charge on any atom is -0.206 e. The highest BCUT2D eigenvalue weighted by Crippen LogP contribution is 2.32. The predicted octanol–water partition coefficient (Wildman–Crippen LogP) is 3.98. The summed E-state index contributed by atoms with van der Waals surface area (Å²) in [7, 11) is 0. The van der Waals surface area contributed by atoms with Crippen molar-refractivity contribution < 1.29 is 26.3 Å². The van der Waals surface area contributed by atoms with E-state index < -0.39 is 45.7 Å². The molecule has 0 saturated heterocycles. The molecule has 0 amide bonds. The number of benzene rings is 2. The average molecular weight is 250 g/mol. The molecule has 0 aliphatic rings. The smallest absolute Gasteiger partial charge is 0.198 e. The molecule has 2 aromatic rings. The van der Waals surface area contributed by atoms with Crippen LogP contribution in [-0.2, 0) is 0 Å². The fraction of sp³-hybridized carbons (Fsp3) is 0.0909. The molecule has 0 fully saturated rings. The standard InChI is InChI=1S/C11H4F6/c1-3-2-4(12)5-6(7(3)13)9(15)11(17)10(16)8(5)14/h2H,1H3. The molecule has 0 aromatic heterocycles. The molecule has 90 valence electrons. The van der Waals surface area contributed by atoms with Crippen molar-refractivity contribution in [1.29, 1.82) is 0 Å². The van der Waals surface area contributed by atoms with Gasteiger partial charge in [0, 0.05) is 0 Å².